The summed E-state index contributed by atoms with van der Waals surface area (Å²) in [7, 11) is 4.76. The summed E-state index contributed by atoms with van der Waals surface area (Å²) in [5, 5.41) is 0. The molecule has 0 aromatic heterocycles. The van der Waals surface area contributed by atoms with Gasteiger partial charge in [-0.1, -0.05) is 19.9 Å². The van der Waals surface area contributed by atoms with Gasteiger partial charge in [0.25, 0.3) is 0 Å². The van der Waals surface area contributed by atoms with Gasteiger partial charge < -0.3 is 0 Å². The van der Waals surface area contributed by atoms with Crippen LogP contribution in [-0.2, 0) is 17.3 Å². The van der Waals surface area contributed by atoms with Crippen molar-refractivity contribution >= 4 is 9.69 Å². The second kappa shape index (κ2) is 5.63. The zero-order valence-corrected chi connectivity index (χ0v) is 10.7. The predicted molar refractivity (Wildman–Crippen MR) is 46.2 cm³/mol. The molecule has 0 aliphatic heterocycles. The van der Waals surface area contributed by atoms with E-state index in [-0.39, 0.29) is 0 Å². The van der Waals surface area contributed by atoms with Gasteiger partial charge in [-0.05, 0) is 0 Å². The van der Waals surface area contributed by atoms with E-state index in [1.165, 1.54) is 11.1 Å². The molecule has 0 aliphatic rings. The van der Waals surface area contributed by atoms with Crippen LogP contribution in [0.2, 0.25) is 0 Å². The molecule has 0 amide bonds. The number of rotatable bonds is 0. The maximum atomic E-state index is 4.76. The molecule has 56 valence electrons. The van der Waals surface area contributed by atoms with E-state index < -0.39 is 0 Å². The molecule has 2 heteroatoms. The first kappa shape index (κ1) is 11.0. The molecule has 0 fully saturated rings. The van der Waals surface area contributed by atoms with Gasteiger partial charge in [-0.15, -0.1) is 12.1 Å². The third kappa shape index (κ3) is 3.27. The normalized spacial score (nSPS) is 8.45. The topological polar surface area (TPSA) is 0 Å². The Balaban J connectivity index is 0.000000461. The fraction of sp³-hybridized carbons (Fsp3) is 0.222. The molecule has 0 heterocycles. The summed E-state index contributed by atoms with van der Waals surface area (Å²) in [5.74, 6) is 0. The maximum absolute atomic E-state index is 4.76. The summed E-state index contributed by atoms with van der Waals surface area (Å²) in [6, 6.07) is 6.21. The standard InChI is InChI=1S/C9H11.ClH.Zn/c1-7-5-4-6-8(2)9(7)3;;/h4-6H,3H2,1-2H3;1H;/q-1;;+2/p-1. The van der Waals surface area contributed by atoms with E-state index in [2.05, 4.69) is 39.0 Å². The third-order valence-corrected chi connectivity index (χ3v) is 1.64. The Labute approximate surface area is 82.7 Å². The van der Waals surface area contributed by atoms with Gasteiger partial charge in [-0.3, -0.25) is 0 Å². The first-order valence-electron chi connectivity index (χ1n) is 3.36. The summed E-state index contributed by atoms with van der Waals surface area (Å²) >= 11 is 0.847. The summed E-state index contributed by atoms with van der Waals surface area (Å²) in [6.45, 7) is 8.08. The van der Waals surface area contributed by atoms with E-state index in [9.17, 15) is 0 Å². The minimum atomic E-state index is 0.847. The molecular formula is C9H11ClZn. The second-order valence-electron chi connectivity index (χ2n) is 2.37. The Kier molecular flexibility index (Phi) is 5.63. The fourth-order valence-corrected chi connectivity index (χ4v) is 0.849. The van der Waals surface area contributed by atoms with Crippen molar-refractivity contribution in [1.82, 2.24) is 0 Å². The number of hydrogen-bond acceptors (Lipinski definition) is 0. The van der Waals surface area contributed by atoms with Crippen molar-refractivity contribution in [2.45, 2.75) is 13.8 Å². The van der Waals surface area contributed by atoms with E-state index >= 15 is 0 Å². The molecule has 1 aromatic rings. The van der Waals surface area contributed by atoms with Crippen molar-refractivity contribution in [3.8, 4) is 0 Å². The summed E-state index contributed by atoms with van der Waals surface area (Å²) in [5.41, 5.74) is 3.71. The molecule has 0 bridgehead atoms. The Hall–Kier alpha value is 0.00338. The fourth-order valence-electron chi connectivity index (χ4n) is 0.849. The van der Waals surface area contributed by atoms with Crippen LogP contribution in [0, 0.1) is 20.8 Å². The van der Waals surface area contributed by atoms with Crippen molar-refractivity contribution in [1.29, 1.82) is 0 Å². The van der Waals surface area contributed by atoms with Gasteiger partial charge in [0.2, 0.25) is 0 Å². The molecule has 0 aliphatic carbocycles. The van der Waals surface area contributed by atoms with Crippen LogP contribution in [0.15, 0.2) is 18.2 Å². The van der Waals surface area contributed by atoms with Gasteiger partial charge >= 0.3 is 27.0 Å². The quantitative estimate of drug-likeness (QED) is 0.465. The molecule has 0 atom stereocenters. The first-order valence-corrected chi connectivity index (χ1v) is 7.26. The summed E-state index contributed by atoms with van der Waals surface area (Å²) < 4.78 is 0. The monoisotopic (exact) mass is 218 g/mol. The van der Waals surface area contributed by atoms with Gasteiger partial charge in [-0.25, -0.2) is 0 Å². The summed E-state index contributed by atoms with van der Waals surface area (Å²) in [6.07, 6.45) is 0. The molecule has 0 radical (unpaired) electrons. The molecule has 0 nitrogen and oxygen atoms in total. The van der Waals surface area contributed by atoms with Crippen LogP contribution in [0.1, 0.15) is 16.7 Å². The molecule has 0 unspecified atom stereocenters. The van der Waals surface area contributed by atoms with Gasteiger partial charge in [0.15, 0.2) is 0 Å². The van der Waals surface area contributed by atoms with E-state index in [0.29, 0.717) is 0 Å². The molecule has 11 heavy (non-hydrogen) atoms. The third-order valence-electron chi connectivity index (χ3n) is 1.64. The van der Waals surface area contributed by atoms with Crippen molar-refractivity contribution in [3.63, 3.8) is 0 Å². The minimum absolute atomic E-state index is 0.847. The zero-order chi connectivity index (χ0) is 8.85. The van der Waals surface area contributed by atoms with Gasteiger partial charge in [0, 0.05) is 0 Å². The molecular weight excluding hydrogens is 209 g/mol. The van der Waals surface area contributed by atoms with Crippen LogP contribution in [0.5, 0.6) is 0 Å². The molecule has 0 saturated carbocycles. The molecule has 0 spiro atoms. The van der Waals surface area contributed by atoms with Gasteiger partial charge in [0.05, 0.1) is 0 Å². The number of aryl methyl sites for hydroxylation is 2. The number of benzene rings is 1. The van der Waals surface area contributed by atoms with Crippen molar-refractivity contribution in [3.05, 3.63) is 41.8 Å². The van der Waals surface area contributed by atoms with Crippen molar-refractivity contribution < 1.29 is 17.3 Å². The Morgan fingerprint density at radius 1 is 1.18 bits per heavy atom. The predicted octanol–water partition coefficient (Wildman–Crippen LogP) is 3.17. The Bertz CT molecular complexity index is 201. The van der Waals surface area contributed by atoms with Crippen molar-refractivity contribution in [2.24, 2.45) is 0 Å². The van der Waals surface area contributed by atoms with E-state index in [4.69, 9.17) is 9.69 Å². The summed E-state index contributed by atoms with van der Waals surface area (Å²) in [4.78, 5) is 0. The van der Waals surface area contributed by atoms with E-state index in [1.807, 2.05) is 0 Å². The van der Waals surface area contributed by atoms with E-state index in [0.717, 1.165) is 22.9 Å². The Morgan fingerprint density at radius 2 is 1.55 bits per heavy atom. The molecule has 1 aromatic carbocycles. The van der Waals surface area contributed by atoms with Crippen molar-refractivity contribution in [2.75, 3.05) is 0 Å². The van der Waals surface area contributed by atoms with Crippen LogP contribution in [0.4, 0.5) is 0 Å². The number of hydrogen-bond donors (Lipinski definition) is 0. The molecule has 0 saturated heterocycles. The van der Waals surface area contributed by atoms with Crippen LogP contribution in [0.25, 0.3) is 0 Å². The van der Waals surface area contributed by atoms with Crippen LogP contribution in [0.3, 0.4) is 0 Å². The van der Waals surface area contributed by atoms with E-state index in [1.54, 1.807) is 0 Å². The average Bonchev–Trinajstić information content (AvgIpc) is 2.04. The van der Waals surface area contributed by atoms with Gasteiger partial charge in [0.1, 0.15) is 0 Å². The SMILES string of the molecule is [CH2-]c1c(C)cccc1C.[Cl][Zn+]. The zero-order valence-electron chi connectivity index (χ0n) is 7.02. The van der Waals surface area contributed by atoms with Crippen LogP contribution in [-0.4, -0.2) is 0 Å². The molecule has 0 N–H and O–H groups in total. The second-order valence-corrected chi connectivity index (χ2v) is 2.37. The van der Waals surface area contributed by atoms with Crippen LogP contribution >= 0.6 is 9.69 Å². The Morgan fingerprint density at radius 3 is 1.82 bits per heavy atom. The first-order chi connectivity index (χ1) is 5.22. The van der Waals surface area contributed by atoms with Gasteiger partial charge in [-0.2, -0.15) is 23.6 Å². The number of halogens is 1. The molecule has 1 rings (SSSR count). The average molecular weight is 220 g/mol. The van der Waals surface area contributed by atoms with Crippen LogP contribution < -0.4 is 0 Å².